The third kappa shape index (κ3) is 4.47. The highest BCUT2D eigenvalue weighted by molar-refractivity contribution is 5.74. The lowest BCUT2D eigenvalue weighted by molar-refractivity contribution is -0.204. The number of pyridine rings is 1. The number of hydrogen-bond acceptors (Lipinski definition) is 4. The minimum atomic E-state index is -4.56. The first-order valence-electron chi connectivity index (χ1n) is 8.21. The number of alkyl halides is 3. The van der Waals surface area contributed by atoms with Crippen molar-refractivity contribution in [1.29, 1.82) is 5.26 Å². The average molecular weight is 387 g/mol. The molecule has 1 aliphatic rings. The predicted octanol–water partition coefficient (Wildman–Crippen LogP) is 4.30. The molecule has 3 rings (SSSR count). The third-order valence-electron chi connectivity index (χ3n) is 4.04. The Morgan fingerprint density at radius 1 is 1.14 bits per heavy atom. The van der Waals surface area contributed by atoms with Crippen LogP contribution in [0, 0.1) is 29.0 Å². The molecule has 142 valence electrons. The molecule has 4 nitrogen and oxygen atoms in total. The van der Waals surface area contributed by atoms with E-state index in [1.165, 1.54) is 31.3 Å². The van der Waals surface area contributed by atoms with Crippen molar-refractivity contribution >= 4 is 5.90 Å². The molecule has 0 N–H and O–H groups in total. The molecule has 2 atom stereocenters. The van der Waals surface area contributed by atoms with Gasteiger partial charge in [-0.25, -0.2) is 14.4 Å². The van der Waals surface area contributed by atoms with E-state index in [1.807, 2.05) is 6.07 Å². The van der Waals surface area contributed by atoms with Crippen LogP contribution in [-0.4, -0.2) is 23.2 Å². The van der Waals surface area contributed by atoms with Gasteiger partial charge in [-0.3, -0.25) is 0 Å². The van der Waals surface area contributed by atoms with Crippen LogP contribution in [0.3, 0.4) is 0 Å². The van der Waals surface area contributed by atoms with Crippen molar-refractivity contribution in [1.82, 2.24) is 4.98 Å². The zero-order chi connectivity index (χ0) is 20.3. The number of ether oxygens (including phenoxy) is 1. The number of aliphatic imine (C=N–C) groups is 1. The van der Waals surface area contributed by atoms with Crippen LogP contribution in [0.5, 0.6) is 0 Å². The molecule has 28 heavy (non-hydrogen) atoms. The van der Waals surface area contributed by atoms with E-state index in [9.17, 15) is 17.6 Å². The molecule has 0 amide bonds. The van der Waals surface area contributed by atoms with Crippen LogP contribution in [0.4, 0.5) is 17.6 Å². The van der Waals surface area contributed by atoms with Gasteiger partial charge >= 0.3 is 6.18 Å². The van der Waals surface area contributed by atoms with E-state index in [2.05, 4.69) is 21.8 Å². The Labute approximate surface area is 158 Å². The van der Waals surface area contributed by atoms with Crippen molar-refractivity contribution in [3.8, 4) is 17.9 Å². The summed E-state index contributed by atoms with van der Waals surface area (Å²) >= 11 is 0. The van der Waals surface area contributed by atoms with Gasteiger partial charge in [0, 0.05) is 36.2 Å². The summed E-state index contributed by atoms with van der Waals surface area (Å²) in [5, 5.41) is 8.73. The van der Waals surface area contributed by atoms with Gasteiger partial charge in [0.2, 0.25) is 0 Å². The Morgan fingerprint density at radius 2 is 1.86 bits per heavy atom. The van der Waals surface area contributed by atoms with E-state index < -0.39 is 30.6 Å². The largest absolute Gasteiger partial charge is 0.468 e. The Balaban J connectivity index is 1.89. The molecule has 0 saturated carbocycles. The van der Waals surface area contributed by atoms with Crippen molar-refractivity contribution in [2.75, 3.05) is 0 Å². The maximum Gasteiger partial charge on any atom is 0.425 e. The SMILES string of the molecule is CC1=N[C@H](c2cc(C#Cc3ccc(C#N)nc3)ccc2F)C[C@@H](C(F)(F)F)O1. The Morgan fingerprint density at radius 3 is 2.50 bits per heavy atom. The second-order valence-electron chi connectivity index (χ2n) is 6.08. The number of nitrogens with zero attached hydrogens (tertiary/aromatic N) is 3. The summed E-state index contributed by atoms with van der Waals surface area (Å²) in [6, 6.07) is 7.97. The predicted molar refractivity (Wildman–Crippen MR) is 92.7 cm³/mol. The number of rotatable bonds is 1. The van der Waals surface area contributed by atoms with E-state index in [0.717, 1.165) is 6.07 Å². The molecule has 1 aliphatic heterocycles. The summed E-state index contributed by atoms with van der Waals surface area (Å²) in [6.45, 7) is 1.31. The van der Waals surface area contributed by atoms with Crippen molar-refractivity contribution in [3.05, 3.63) is 64.7 Å². The third-order valence-corrected chi connectivity index (χ3v) is 4.04. The first-order valence-corrected chi connectivity index (χ1v) is 8.21. The van der Waals surface area contributed by atoms with Gasteiger partial charge in [0.1, 0.15) is 17.6 Å². The minimum absolute atomic E-state index is 0.0293. The normalized spacial score (nSPS) is 18.9. The van der Waals surface area contributed by atoms with Crippen LogP contribution in [0.1, 0.15) is 41.8 Å². The van der Waals surface area contributed by atoms with Crippen LogP contribution < -0.4 is 0 Å². The van der Waals surface area contributed by atoms with Crippen LogP contribution in [0.25, 0.3) is 0 Å². The number of benzene rings is 1. The zero-order valence-corrected chi connectivity index (χ0v) is 14.6. The van der Waals surface area contributed by atoms with Gasteiger partial charge in [-0.05, 0) is 30.3 Å². The van der Waals surface area contributed by atoms with E-state index >= 15 is 0 Å². The average Bonchev–Trinajstić information content (AvgIpc) is 2.66. The summed E-state index contributed by atoms with van der Waals surface area (Å²) in [4.78, 5) is 7.91. The fourth-order valence-electron chi connectivity index (χ4n) is 2.71. The maximum atomic E-state index is 14.3. The Bertz CT molecular complexity index is 1010. The molecule has 0 unspecified atom stereocenters. The van der Waals surface area contributed by atoms with E-state index in [4.69, 9.17) is 10.00 Å². The van der Waals surface area contributed by atoms with E-state index in [-0.39, 0.29) is 17.2 Å². The lowest BCUT2D eigenvalue weighted by Crippen LogP contribution is -2.37. The smallest absolute Gasteiger partial charge is 0.425 e. The van der Waals surface area contributed by atoms with Crippen molar-refractivity contribution in [2.24, 2.45) is 4.99 Å². The van der Waals surface area contributed by atoms with Crippen LogP contribution in [0.15, 0.2) is 41.5 Å². The summed E-state index contributed by atoms with van der Waals surface area (Å²) in [5.74, 6) is 4.84. The number of hydrogen-bond donors (Lipinski definition) is 0. The molecule has 2 heterocycles. The fraction of sp³-hybridized carbons (Fsp3) is 0.250. The Kier molecular flexibility index (Phi) is 5.32. The van der Waals surface area contributed by atoms with Crippen LogP contribution in [0.2, 0.25) is 0 Å². The Hall–Kier alpha value is -3.39. The number of nitriles is 1. The minimum Gasteiger partial charge on any atom is -0.468 e. The number of aromatic nitrogens is 1. The molecule has 1 aromatic carbocycles. The molecule has 0 aliphatic carbocycles. The van der Waals surface area contributed by atoms with Crippen LogP contribution in [-0.2, 0) is 4.74 Å². The summed E-state index contributed by atoms with van der Waals surface area (Å²) in [7, 11) is 0. The first kappa shape index (κ1) is 19.4. The monoisotopic (exact) mass is 387 g/mol. The second-order valence-corrected chi connectivity index (χ2v) is 6.08. The highest BCUT2D eigenvalue weighted by atomic mass is 19.4. The van der Waals surface area contributed by atoms with Crippen molar-refractivity contribution in [2.45, 2.75) is 31.7 Å². The summed E-state index contributed by atoms with van der Waals surface area (Å²) < 4.78 is 58.1. The topological polar surface area (TPSA) is 58.3 Å². The second kappa shape index (κ2) is 7.69. The molecule has 1 aromatic heterocycles. The van der Waals surface area contributed by atoms with Gasteiger partial charge in [0.15, 0.2) is 12.0 Å². The maximum absolute atomic E-state index is 14.3. The zero-order valence-electron chi connectivity index (χ0n) is 14.6. The van der Waals surface area contributed by atoms with Gasteiger partial charge in [0.25, 0.3) is 0 Å². The molecule has 0 bridgehead atoms. The molecule has 8 heteroatoms. The molecule has 0 spiro atoms. The molecular weight excluding hydrogens is 374 g/mol. The van der Waals surface area contributed by atoms with Gasteiger partial charge < -0.3 is 4.74 Å². The first-order chi connectivity index (χ1) is 13.3. The van der Waals surface area contributed by atoms with E-state index in [1.54, 1.807) is 6.07 Å². The lowest BCUT2D eigenvalue weighted by atomic mass is 9.97. The lowest BCUT2D eigenvalue weighted by Gasteiger charge is -2.29. The quantitative estimate of drug-likeness (QED) is 0.541. The number of halogens is 4. The molecule has 2 aromatic rings. The molecule has 0 saturated heterocycles. The highest BCUT2D eigenvalue weighted by Gasteiger charge is 2.45. The van der Waals surface area contributed by atoms with Gasteiger partial charge in [-0.1, -0.05) is 11.8 Å². The molecular formula is C20H13F4N3O. The van der Waals surface area contributed by atoms with Crippen molar-refractivity contribution in [3.63, 3.8) is 0 Å². The van der Waals surface area contributed by atoms with Gasteiger partial charge in [-0.15, -0.1) is 0 Å². The van der Waals surface area contributed by atoms with Crippen LogP contribution >= 0.6 is 0 Å². The van der Waals surface area contributed by atoms with Crippen molar-refractivity contribution < 1.29 is 22.3 Å². The summed E-state index contributed by atoms with van der Waals surface area (Å²) in [6.07, 6.45) is -5.68. The van der Waals surface area contributed by atoms with E-state index in [0.29, 0.717) is 11.1 Å². The van der Waals surface area contributed by atoms with Gasteiger partial charge in [0.05, 0.1) is 6.04 Å². The standard InChI is InChI=1S/C20H13F4N3O/c1-12-27-18(9-19(28-12)20(22,23)24)16-8-13(5-7-17(16)21)2-3-14-4-6-15(10-25)26-11-14/h4-8,11,18-19H,9H2,1H3/t18-,19-/m0/s1. The highest BCUT2D eigenvalue weighted by Crippen LogP contribution is 2.36. The molecule has 0 radical (unpaired) electrons. The fourth-order valence-corrected chi connectivity index (χ4v) is 2.71. The molecule has 0 fully saturated rings. The summed E-state index contributed by atoms with van der Waals surface area (Å²) in [5.41, 5.74) is 1.24. The van der Waals surface area contributed by atoms with Gasteiger partial charge in [-0.2, -0.15) is 18.4 Å².